The second-order valence-electron chi connectivity index (χ2n) is 6.35. The molecule has 134 valence electrons. The summed E-state index contributed by atoms with van der Waals surface area (Å²) in [6, 6.07) is 9.76. The zero-order chi connectivity index (χ0) is 18.0. The third-order valence-electron chi connectivity index (χ3n) is 4.87. The van der Waals surface area contributed by atoms with Crippen LogP contribution in [0.25, 0.3) is 10.8 Å². The summed E-state index contributed by atoms with van der Waals surface area (Å²) in [6.07, 6.45) is -0.403. The van der Waals surface area contributed by atoms with Gasteiger partial charge in [-0.15, -0.1) is 0 Å². The first kappa shape index (κ1) is 17.5. The van der Waals surface area contributed by atoms with Crippen molar-refractivity contribution < 1.29 is 24.5 Å². The number of hydrogen-bond acceptors (Lipinski definition) is 5. The van der Waals surface area contributed by atoms with Gasteiger partial charge in [-0.25, -0.2) is 0 Å². The lowest BCUT2D eigenvalue weighted by Crippen LogP contribution is -2.46. The molecule has 0 unspecified atom stereocenters. The van der Waals surface area contributed by atoms with E-state index in [0.717, 1.165) is 27.8 Å². The number of carboxylic acid groups (broad SMARTS) is 1. The van der Waals surface area contributed by atoms with Crippen molar-refractivity contribution in [3.63, 3.8) is 0 Å². The minimum absolute atomic E-state index is 0.347. The number of fused-ring (bicyclic) bond motifs is 1. The van der Waals surface area contributed by atoms with Crippen molar-refractivity contribution in [2.45, 2.75) is 19.1 Å². The molecule has 0 saturated carbocycles. The summed E-state index contributed by atoms with van der Waals surface area (Å²) in [5.74, 6) is -0.0586. The molecule has 1 fully saturated rings. The Bertz CT molecular complexity index is 776. The van der Waals surface area contributed by atoms with Crippen LogP contribution >= 0.6 is 0 Å². The molecule has 2 atom stereocenters. The van der Waals surface area contributed by atoms with Gasteiger partial charge in [0.25, 0.3) is 0 Å². The topological polar surface area (TPSA) is 79.2 Å². The van der Waals surface area contributed by atoms with Gasteiger partial charge in [-0.3, -0.25) is 9.69 Å². The van der Waals surface area contributed by atoms with E-state index in [1.165, 1.54) is 0 Å². The van der Waals surface area contributed by atoms with Gasteiger partial charge in [0, 0.05) is 23.9 Å². The second kappa shape index (κ2) is 7.29. The van der Waals surface area contributed by atoms with Gasteiger partial charge in [0.2, 0.25) is 0 Å². The predicted molar refractivity (Wildman–Crippen MR) is 94.1 cm³/mol. The molecule has 0 spiro atoms. The van der Waals surface area contributed by atoms with Crippen LogP contribution in [-0.4, -0.2) is 54.5 Å². The summed E-state index contributed by atoms with van der Waals surface area (Å²) in [5, 5.41) is 21.2. The van der Waals surface area contributed by atoms with Crippen LogP contribution in [0.15, 0.2) is 30.3 Å². The van der Waals surface area contributed by atoms with Crippen LogP contribution in [0.3, 0.4) is 0 Å². The number of benzene rings is 2. The third kappa shape index (κ3) is 3.41. The monoisotopic (exact) mass is 345 g/mol. The summed E-state index contributed by atoms with van der Waals surface area (Å²) >= 11 is 0. The van der Waals surface area contributed by atoms with E-state index < -0.39 is 18.0 Å². The SMILES string of the molecule is COc1ccc(CN2CC[C@H](C(=O)O)[C@H](O)C2)c2c(OC)cccc12. The highest BCUT2D eigenvalue weighted by molar-refractivity contribution is 5.95. The average molecular weight is 345 g/mol. The van der Waals surface area contributed by atoms with Crippen LogP contribution in [0.1, 0.15) is 12.0 Å². The zero-order valence-corrected chi connectivity index (χ0v) is 14.4. The fourth-order valence-corrected chi connectivity index (χ4v) is 3.57. The Hall–Kier alpha value is -2.31. The molecular formula is C19H23NO5. The molecule has 0 aromatic heterocycles. The van der Waals surface area contributed by atoms with Gasteiger partial charge in [-0.2, -0.15) is 0 Å². The summed E-state index contributed by atoms with van der Waals surface area (Å²) in [4.78, 5) is 13.2. The average Bonchev–Trinajstić information content (AvgIpc) is 2.61. The highest BCUT2D eigenvalue weighted by Gasteiger charge is 2.32. The van der Waals surface area contributed by atoms with E-state index in [1.54, 1.807) is 14.2 Å². The molecule has 2 aromatic carbocycles. The number of ether oxygens (including phenoxy) is 2. The van der Waals surface area contributed by atoms with Crippen molar-refractivity contribution in [3.05, 3.63) is 35.9 Å². The molecule has 1 saturated heterocycles. The minimum atomic E-state index is -0.927. The number of nitrogens with zero attached hydrogens (tertiary/aromatic N) is 1. The maximum atomic E-state index is 11.1. The third-order valence-corrected chi connectivity index (χ3v) is 4.87. The number of β-amino-alcohol motifs (C(OH)–C–C–N with tert-alkyl or cyclic N) is 1. The number of aliphatic hydroxyl groups is 1. The molecule has 1 aliphatic heterocycles. The van der Waals surface area contributed by atoms with Gasteiger partial charge in [0.05, 0.1) is 26.2 Å². The molecule has 3 rings (SSSR count). The van der Waals surface area contributed by atoms with Crippen LogP contribution < -0.4 is 9.47 Å². The van der Waals surface area contributed by atoms with Crippen molar-refractivity contribution >= 4 is 16.7 Å². The number of hydrogen-bond donors (Lipinski definition) is 2. The number of methoxy groups -OCH3 is 2. The van der Waals surface area contributed by atoms with Gasteiger partial charge in [-0.1, -0.05) is 18.2 Å². The highest BCUT2D eigenvalue weighted by Crippen LogP contribution is 2.36. The number of likely N-dealkylation sites (tertiary alicyclic amines) is 1. The van der Waals surface area contributed by atoms with Crippen molar-refractivity contribution in [3.8, 4) is 11.5 Å². The molecule has 0 aliphatic carbocycles. The molecule has 25 heavy (non-hydrogen) atoms. The number of carbonyl (C=O) groups is 1. The molecule has 0 radical (unpaired) electrons. The van der Waals surface area contributed by atoms with Crippen LogP contribution in [0, 0.1) is 5.92 Å². The van der Waals surface area contributed by atoms with E-state index in [1.807, 2.05) is 30.3 Å². The summed E-state index contributed by atoms with van der Waals surface area (Å²) in [7, 11) is 3.28. The van der Waals surface area contributed by atoms with Crippen LogP contribution in [-0.2, 0) is 11.3 Å². The molecule has 1 heterocycles. The maximum absolute atomic E-state index is 11.1. The lowest BCUT2D eigenvalue weighted by Gasteiger charge is -2.34. The molecule has 6 nitrogen and oxygen atoms in total. The highest BCUT2D eigenvalue weighted by atomic mass is 16.5. The van der Waals surface area contributed by atoms with Gasteiger partial charge in [0.15, 0.2) is 0 Å². The quantitative estimate of drug-likeness (QED) is 0.864. The van der Waals surface area contributed by atoms with E-state index in [-0.39, 0.29) is 0 Å². The molecule has 1 aliphatic rings. The van der Waals surface area contributed by atoms with E-state index in [9.17, 15) is 9.90 Å². The summed E-state index contributed by atoms with van der Waals surface area (Å²) in [6.45, 7) is 1.60. The van der Waals surface area contributed by atoms with E-state index in [4.69, 9.17) is 14.6 Å². The zero-order valence-electron chi connectivity index (χ0n) is 14.4. The van der Waals surface area contributed by atoms with Gasteiger partial charge in [-0.05, 0) is 30.7 Å². The molecule has 0 bridgehead atoms. The van der Waals surface area contributed by atoms with Crippen LogP contribution in [0.4, 0.5) is 0 Å². The van der Waals surface area contributed by atoms with Crippen LogP contribution in [0.2, 0.25) is 0 Å². The number of carboxylic acids is 1. The lowest BCUT2D eigenvalue weighted by atomic mass is 9.93. The Morgan fingerprint density at radius 3 is 2.60 bits per heavy atom. The Labute approximate surface area is 146 Å². The number of aliphatic carboxylic acids is 1. The molecular weight excluding hydrogens is 322 g/mol. The van der Waals surface area contributed by atoms with Crippen molar-refractivity contribution in [1.82, 2.24) is 4.90 Å². The second-order valence-corrected chi connectivity index (χ2v) is 6.35. The summed E-state index contributed by atoms with van der Waals surface area (Å²) in [5.41, 5.74) is 1.06. The van der Waals surface area contributed by atoms with Gasteiger partial charge >= 0.3 is 5.97 Å². The fraction of sp³-hybridized carbons (Fsp3) is 0.421. The first-order valence-electron chi connectivity index (χ1n) is 8.31. The first-order chi connectivity index (χ1) is 12.0. The first-order valence-corrected chi connectivity index (χ1v) is 8.31. The number of piperidine rings is 1. The maximum Gasteiger partial charge on any atom is 0.309 e. The lowest BCUT2D eigenvalue weighted by molar-refractivity contribution is -0.148. The molecule has 6 heteroatoms. The Morgan fingerprint density at radius 2 is 1.96 bits per heavy atom. The standard InChI is InChI=1S/C19H23NO5/c1-24-16-7-6-12(18-14(16)4-3-5-17(18)25-2)10-20-9-8-13(19(22)23)15(21)11-20/h3-7,13,15,21H,8-11H2,1-2H3,(H,22,23)/t13-,15+/m0/s1. The van der Waals surface area contributed by atoms with Crippen molar-refractivity contribution in [1.29, 1.82) is 0 Å². The van der Waals surface area contributed by atoms with Crippen LogP contribution in [0.5, 0.6) is 11.5 Å². The Kier molecular flexibility index (Phi) is 5.11. The van der Waals surface area contributed by atoms with Gasteiger partial charge in [0.1, 0.15) is 11.5 Å². The predicted octanol–water partition coefficient (Wildman–Crippen LogP) is 2.12. The fourth-order valence-electron chi connectivity index (χ4n) is 3.57. The largest absolute Gasteiger partial charge is 0.496 e. The smallest absolute Gasteiger partial charge is 0.309 e. The van der Waals surface area contributed by atoms with Gasteiger partial charge < -0.3 is 19.7 Å². The van der Waals surface area contributed by atoms with E-state index in [0.29, 0.717) is 26.1 Å². The van der Waals surface area contributed by atoms with E-state index in [2.05, 4.69) is 4.90 Å². The number of rotatable bonds is 5. The number of aliphatic hydroxyl groups excluding tert-OH is 1. The van der Waals surface area contributed by atoms with Crippen molar-refractivity contribution in [2.24, 2.45) is 5.92 Å². The summed E-state index contributed by atoms with van der Waals surface area (Å²) < 4.78 is 11.0. The van der Waals surface area contributed by atoms with E-state index >= 15 is 0 Å². The molecule has 2 N–H and O–H groups in total. The molecule has 0 amide bonds. The Morgan fingerprint density at radius 1 is 1.20 bits per heavy atom. The minimum Gasteiger partial charge on any atom is -0.496 e. The molecule has 2 aromatic rings. The normalized spacial score (nSPS) is 21.2. The Balaban J connectivity index is 1.91. The van der Waals surface area contributed by atoms with Crippen molar-refractivity contribution in [2.75, 3.05) is 27.3 Å².